The van der Waals surface area contributed by atoms with Crippen LogP contribution in [-0.2, 0) is 6.18 Å². The molecule has 1 aromatic heterocycles. The topological polar surface area (TPSA) is 38.9 Å². The number of hydrogen-bond acceptors (Lipinski definition) is 2. The summed E-state index contributed by atoms with van der Waals surface area (Å²) in [4.78, 5) is 3.29. The van der Waals surface area contributed by atoms with Crippen LogP contribution in [-0.4, -0.2) is 4.98 Å². The van der Waals surface area contributed by atoms with Crippen LogP contribution in [0.3, 0.4) is 0 Å². The molecule has 1 aromatic carbocycles. The van der Waals surface area contributed by atoms with Gasteiger partial charge in [0.25, 0.3) is 0 Å². The van der Waals surface area contributed by atoms with Crippen LogP contribution in [0, 0.1) is 5.82 Å². The first-order valence-electron chi connectivity index (χ1n) is 4.42. The van der Waals surface area contributed by atoms with E-state index in [1.807, 2.05) is 0 Å². The average molecular weight is 265 g/mol. The first-order valence-corrected chi connectivity index (χ1v) is 4.80. The summed E-state index contributed by atoms with van der Waals surface area (Å²) in [6.07, 6.45) is -4.65. The van der Waals surface area contributed by atoms with Crippen molar-refractivity contribution in [1.29, 1.82) is 0 Å². The highest BCUT2D eigenvalue weighted by Crippen LogP contribution is 2.35. The molecule has 0 spiro atoms. The Morgan fingerprint density at radius 1 is 1.24 bits per heavy atom. The molecule has 2 rings (SSSR count). The van der Waals surface area contributed by atoms with Crippen molar-refractivity contribution in [3.63, 3.8) is 0 Å². The van der Waals surface area contributed by atoms with E-state index in [2.05, 4.69) is 4.98 Å². The lowest BCUT2D eigenvalue weighted by atomic mass is 10.1. The highest BCUT2D eigenvalue weighted by atomic mass is 35.5. The van der Waals surface area contributed by atoms with E-state index in [9.17, 15) is 17.6 Å². The lowest BCUT2D eigenvalue weighted by Crippen LogP contribution is -2.09. The maximum absolute atomic E-state index is 13.4. The molecule has 2 aromatic rings. The summed E-state index contributed by atoms with van der Waals surface area (Å²) in [6, 6.07) is 2.74. The van der Waals surface area contributed by atoms with Crippen molar-refractivity contribution in [2.75, 3.05) is 5.73 Å². The molecular weight excluding hydrogens is 260 g/mol. The van der Waals surface area contributed by atoms with E-state index in [-0.39, 0.29) is 21.6 Å². The first-order chi connectivity index (χ1) is 7.80. The van der Waals surface area contributed by atoms with Crippen LogP contribution in [0.4, 0.5) is 23.2 Å². The lowest BCUT2D eigenvalue weighted by molar-refractivity contribution is -0.140. The number of benzene rings is 1. The molecule has 0 radical (unpaired) electrons. The van der Waals surface area contributed by atoms with E-state index in [0.29, 0.717) is 6.07 Å². The van der Waals surface area contributed by atoms with Crippen LogP contribution in [0.2, 0.25) is 5.02 Å². The third-order valence-corrected chi connectivity index (χ3v) is 2.49. The van der Waals surface area contributed by atoms with Gasteiger partial charge in [-0.25, -0.2) is 9.37 Å². The second-order valence-electron chi connectivity index (χ2n) is 3.35. The zero-order valence-corrected chi connectivity index (χ0v) is 8.90. The Morgan fingerprint density at radius 2 is 1.88 bits per heavy atom. The van der Waals surface area contributed by atoms with Gasteiger partial charge in [-0.1, -0.05) is 11.6 Å². The van der Waals surface area contributed by atoms with Gasteiger partial charge in [0.15, 0.2) is 0 Å². The number of nitrogens with two attached hydrogens (primary N) is 1. The minimum Gasteiger partial charge on any atom is -0.398 e. The molecule has 0 aliphatic carbocycles. The van der Waals surface area contributed by atoms with Crippen LogP contribution in [0.1, 0.15) is 5.69 Å². The minimum absolute atomic E-state index is 0.0841. The standard InChI is InChI=1S/C10H5ClF4N2/c11-4-1-2-5(12)8-6(16)3-7(10(13,14)15)17-9(4)8/h1-3H,(H2,16,17). The Bertz CT molecular complexity index is 595. The Balaban J connectivity index is 2.87. The number of halogens is 5. The van der Waals surface area contributed by atoms with Crippen LogP contribution < -0.4 is 5.73 Å². The molecule has 17 heavy (non-hydrogen) atoms. The summed E-state index contributed by atoms with van der Waals surface area (Å²) < 4.78 is 50.8. The molecule has 0 fully saturated rings. The van der Waals surface area contributed by atoms with Gasteiger partial charge in [0.1, 0.15) is 11.5 Å². The number of nitrogens with zero attached hydrogens (tertiary/aromatic N) is 1. The minimum atomic E-state index is -4.65. The zero-order chi connectivity index (χ0) is 12.8. The van der Waals surface area contributed by atoms with Crippen LogP contribution >= 0.6 is 11.6 Å². The number of alkyl halides is 3. The molecule has 0 unspecified atom stereocenters. The van der Waals surface area contributed by atoms with Gasteiger partial charge < -0.3 is 5.73 Å². The van der Waals surface area contributed by atoms with Crippen molar-refractivity contribution < 1.29 is 17.6 Å². The average Bonchev–Trinajstić information content (AvgIpc) is 2.21. The zero-order valence-electron chi connectivity index (χ0n) is 8.15. The smallest absolute Gasteiger partial charge is 0.398 e. The first kappa shape index (κ1) is 11.9. The second-order valence-corrected chi connectivity index (χ2v) is 3.75. The molecule has 1 heterocycles. The monoisotopic (exact) mass is 264 g/mol. The normalized spacial score (nSPS) is 12.1. The van der Waals surface area contributed by atoms with E-state index in [0.717, 1.165) is 12.1 Å². The summed E-state index contributed by atoms with van der Waals surface area (Å²) in [6.45, 7) is 0. The van der Waals surface area contributed by atoms with Gasteiger partial charge in [-0.05, 0) is 18.2 Å². The largest absolute Gasteiger partial charge is 0.433 e. The predicted molar refractivity (Wildman–Crippen MR) is 56.1 cm³/mol. The number of nitrogen functional groups attached to an aromatic ring is 1. The molecule has 0 aliphatic rings. The molecule has 2 N–H and O–H groups in total. The predicted octanol–water partition coefficient (Wildman–Crippen LogP) is 3.63. The van der Waals surface area contributed by atoms with Gasteiger partial charge in [0.2, 0.25) is 0 Å². The summed E-state index contributed by atoms with van der Waals surface area (Å²) >= 11 is 5.67. The Kier molecular flexibility index (Phi) is 2.61. The van der Waals surface area contributed by atoms with Gasteiger partial charge in [-0.3, -0.25) is 0 Å². The summed E-state index contributed by atoms with van der Waals surface area (Å²) in [5, 5.41) is -0.287. The quantitative estimate of drug-likeness (QED) is 0.738. The number of fused-ring (bicyclic) bond motifs is 1. The van der Waals surface area contributed by atoms with Crippen molar-refractivity contribution in [1.82, 2.24) is 4.98 Å². The highest BCUT2D eigenvalue weighted by Gasteiger charge is 2.33. The molecule has 2 nitrogen and oxygen atoms in total. The van der Waals surface area contributed by atoms with E-state index in [1.54, 1.807) is 0 Å². The van der Waals surface area contributed by atoms with E-state index < -0.39 is 17.7 Å². The van der Waals surface area contributed by atoms with Crippen molar-refractivity contribution >= 4 is 28.2 Å². The molecule has 0 saturated heterocycles. The van der Waals surface area contributed by atoms with E-state index >= 15 is 0 Å². The van der Waals surface area contributed by atoms with Gasteiger partial charge in [-0.15, -0.1) is 0 Å². The number of aromatic nitrogens is 1. The summed E-state index contributed by atoms with van der Waals surface area (Å²) in [7, 11) is 0. The third kappa shape index (κ3) is 2.00. The molecule has 90 valence electrons. The second kappa shape index (κ2) is 3.73. The van der Waals surface area contributed by atoms with E-state index in [1.165, 1.54) is 0 Å². The van der Waals surface area contributed by atoms with Gasteiger partial charge >= 0.3 is 6.18 Å². The SMILES string of the molecule is Nc1cc(C(F)(F)F)nc2c(Cl)ccc(F)c12. The van der Waals surface area contributed by atoms with Crippen LogP contribution in [0.5, 0.6) is 0 Å². The number of anilines is 1. The molecule has 0 aliphatic heterocycles. The molecule has 0 bridgehead atoms. The third-order valence-electron chi connectivity index (χ3n) is 2.18. The molecule has 0 saturated carbocycles. The number of rotatable bonds is 0. The van der Waals surface area contributed by atoms with Crippen LogP contribution in [0.15, 0.2) is 18.2 Å². The van der Waals surface area contributed by atoms with Crippen LogP contribution in [0.25, 0.3) is 10.9 Å². The summed E-state index contributed by atoms with van der Waals surface area (Å²) in [5.74, 6) is -0.761. The van der Waals surface area contributed by atoms with Crippen molar-refractivity contribution in [3.05, 3.63) is 34.7 Å². The summed E-state index contributed by atoms with van der Waals surface area (Å²) in [5.41, 5.74) is 3.55. The maximum Gasteiger partial charge on any atom is 0.433 e. The number of pyridine rings is 1. The lowest BCUT2D eigenvalue weighted by Gasteiger charge is -2.10. The number of hydrogen-bond donors (Lipinski definition) is 1. The Morgan fingerprint density at radius 3 is 2.47 bits per heavy atom. The fraction of sp³-hybridized carbons (Fsp3) is 0.100. The Labute approximate surface area is 98.0 Å². The van der Waals surface area contributed by atoms with Crippen molar-refractivity contribution in [2.45, 2.75) is 6.18 Å². The van der Waals surface area contributed by atoms with E-state index in [4.69, 9.17) is 17.3 Å². The van der Waals surface area contributed by atoms with Gasteiger partial charge in [0.05, 0.1) is 15.9 Å². The fourth-order valence-electron chi connectivity index (χ4n) is 1.44. The van der Waals surface area contributed by atoms with Gasteiger partial charge in [0, 0.05) is 5.69 Å². The highest BCUT2D eigenvalue weighted by molar-refractivity contribution is 6.35. The Hall–Kier alpha value is -1.56. The fourth-order valence-corrected chi connectivity index (χ4v) is 1.64. The van der Waals surface area contributed by atoms with Crippen molar-refractivity contribution in [2.24, 2.45) is 0 Å². The van der Waals surface area contributed by atoms with Gasteiger partial charge in [-0.2, -0.15) is 13.2 Å². The molecule has 7 heteroatoms. The molecule has 0 amide bonds. The molecular formula is C10H5ClF4N2. The molecule has 0 atom stereocenters. The van der Waals surface area contributed by atoms with Crippen molar-refractivity contribution in [3.8, 4) is 0 Å². The maximum atomic E-state index is 13.4.